The molecule has 6 nitrogen and oxygen atoms in total. The molecule has 1 aliphatic rings. The Morgan fingerprint density at radius 2 is 2.00 bits per heavy atom. The van der Waals surface area contributed by atoms with Crippen LogP contribution in [0.5, 0.6) is 5.75 Å². The molecule has 2 unspecified atom stereocenters. The molecule has 1 fully saturated rings. The zero-order valence-corrected chi connectivity index (χ0v) is 14.3. The zero-order valence-electron chi connectivity index (χ0n) is 14.3. The summed E-state index contributed by atoms with van der Waals surface area (Å²) < 4.78 is 10.5. The topological polar surface area (TPSA) is 71.6 Å². The van der Waals surface area contributed by atoms with E-state index in [4.69, 9.17) is 9.26 Å². The first-order chi connectivity index (χ1) is 11.7. The van der Waals surface area contributed by atoms with Gasteiger partial charge in [0, 0.05) is 12.1 Å². The monoisotopic (exact) mass is 331 g/mol. The van der Waals surface area contributed by atoms with E-state index in [1.165, 1.54) is 6.42 Å². The quantitative estimate of drug-likeness (QED) is 0.877. The Hall–Kier alpha value is -1.92. The Balaban J connectivity index is 1.58. The number of aliphatic hydroxyl groups is 1. The molecule has 0 amide bonds. The van der Waals surface area contributed by atoms with Gasteiger partial charge in [-0.3, -0.25) is 4.90 Å². The van der Waals surface area contributed by atoms with Gasteiger partial charge < -0.3 is 14.4 Å². The largest absolute Gasteiger partial charge is 0.497 e. The predicted octanol–water partition coefficient (Wildman–Crippen LogP) is 2.73. The molecule has 1 aliphatic carbocycles. The van der Waals surface area contributed by atoms with Gasteiger partial charge in [-0.25, -0.2) is 0 Å². The minimum atomic E-state index is -0.182. The average Bonchev–Trinajstić information content (AvgIpc) is 3.05. The molecule has 1 aromatic carbocycles. The Labute approximate surface area is 142 Å². The second-order valence-corrected chi connectivity index (χ2v) is 6.55. The summed E-state index contributed by atoms with van der Waals surface area (Å²) in [5.74, 6) is 2.31. The van der Waals surface area contributed by atoms with Crippen molar-refractivity contribution < 1.29 is 14.4 Å². The fourth-order valence-electron chi connectivity index (χ4n) is 3.27. The molecule has 2 aromatic rings. The molecule has 6 heteroatoms. The molecule has 1 saturated carbocycles. The van der Waals surface area contributed by atoms with Gasteiger partial charge in [0.05, 0.1) is 19.8 Å². The van der Waals surface area contributed by atoms with Crippen LogP contribution in [-0.4, -0.2) is 47.0 Å². The molecule has 2 atom stereocenters. The van der Waals surface area contributed by atoms with Crippen LogP contribution < -0.4 is 4.74 Å². The van der Waals surface area contributed by atoms with Gasteiger partial charge >= 0.3 is 0 Å². The van der Waals surface area contributed by atoms with Gasteiger partial charge in [0.1, 0.15) is 5.75 Å². The minimum absolute atomic E-state index is 0.182. The smallest absolute Gasteiger partial charge is 0.241 e. The summed E-state index contributed by atoms with van der Waals surface area (Å²) in [7, 11) is 3.67. The molecule has 0 bridgehead atoms. The molecule has 1 aromatic heterocycles. The van der Waals surface area contributed by atoms with E-state index in [0.29, 0.717) is 24.2 Å². The normalized spacial score (nSPS) is 21.2. The van der Waals surface area contributed by atoms with Crippen molar-refractivity contribution in [2.45, 2.75) is 38.3 Å². The van der Waals surface area contributed by atoms with E-state index in [9.17, 15) is 5.11 Å². The van der Waals surface area contributed by atoms with E-state index in [0.717, 1.165) is 37.1 Å². The number of methoxy groups -OCH3 is 1. The van der Waals surface area contributed by atoms with Gasteiger partial charge in [-0.2, -0.15) is 4.98 Å². The van der Waals surface area contributed by atoms with Crippen LogP contribution in [0, 0.1) is 5.92 Å². The van der Waals surface area contributed by atoms with Crippen LogP contribution in [0.3, 0.4) is 0 Å². The fourth-order valence-corrected chi connectivity index (χ4v) is 3.27. The fraction of sp³-hybridized carbons (Fsp3) is 0.556. The van der Waals surface area contributed by atoms with Crippen molar-refractivity contribution in [2.75, 3.05) is 20.7 Å². The Bertz CT molecular complexity index is 641. The van der Waals surface area contributed by atoms with Gasteiger partial charge in [0.25, 0.3) is 0 Å². The molecular weight excluding hydrogens is 306 g/mol. The lowest BCUT2D eigenvalue weighted by Crippen LogP contribution is -2.34. The lowest BCUT2D eigenvalue weighted by Gasteiger charge is -2.30. The third-order valence-electron chi connectivity index (χ3n) is 4.64. The standard InChI is InChI=1S/C18H25N3O3/c1-21(11-14-5-3-4-6-16(14)22)12-17-19-18(20-24-17)13-7-9-15(23-2)10-8-13/h7-10,14,16,22H,3-6,11-12H2,1-2H3. The summed E-state index contributed by atoms with van der Waals surface area (Å²) in [6.45, 7) is 1.44. The van der Waals surface area contributed by atoms with E-state index >= 15 is 0 Å². The van der Waals surface area contributed by atoms with Crippen molar-refractivity contribution in [1.82, 2.24) is 15.0 Å². The Morgan fingerprint density at radius 3 is 2.71 bits per heavy atom. The second kappa shape index (κ2) is 7.77. The molecule has 1 heterocycles. The summed E-state index contributed by atoms with van der Waals surface area (Å²) in [5.41, 5.74) is 0.899. The van der Waals surface area contributed by atoms with E-state index in [-0.39, 0.29) is 6.10 Å². The Kier molecular flexibility index (Phi) is 5.48. The molecular formula is C18H25N3O3. The summed E-state index contributed by atoms with van der Waals surface area (Å²) >= 11 is 0. The summed E-state index contributed by atoms with van der Waals surface area (Å²) in [4.78, 5) is 6.61. The van der Waals surface area contributed by atoms with E-state index in [2.05, 4.69) is 15.0 Å². The number of ether oxygens (including phenoxy) is 1. The molecule has 0 spiro atoms. The van der Waals surface area contributed by atoms with Crippen LogP contribution in [0.1, 0.15) is 31.6 Å². The molecule has 130 valence electrons. The van der Waals surface area contributed by atoms with Gasteiger partial charge in [0.15, 0.2) is 0 Å². The number of rotatable bonds is 6. The highest BCUT2D eigenvalue weighted by atomic mass is 16.5. The van der Waals surface area contributed by atoms with Crippen molar-refractivity contribution >= 4 is 0 Å². The van der Waals surface area contributed by atoms with Gasteiger partial charge in [0.2, 0.25) is 11.7 Å². The number of nitrogens with zero attached hydrogens (tertiary/aromatic N) is 3. The third kappa shape index (κ3) is 4.13. The predicted molar refractivity (Wildman–Crippen MR) is 90.6 cm³/mol. The van der Waals surface area contributed by atoms with Crippen LogP contribution in [0.15, 0.2) is 28.8 Å². The molecule has 3 rings (SSSR count). The van der Waals surface area contributed by atoms with Gasteiger partial charge in [-0.1, -0.05) is 18.0 Å². The molecule has 0 saturated heterocycles. The van der Waals surface area contributed by atoms with Gasteiger partial charge in [-0.15, -0.1) is 0 Å². The SMILES string of the molecule is COc1ccc(-c2noc(CN(C)CC3CCCCC3O)n2)cc1. The lowest BCUT2D eigenvalue weighted by molar-refractivity contribution is 0.0484. The third-order valence-corrected chi connectivity index (χ3v) is 4.64. The van der Waals surface area contributed by atoms with E-state index in [1.807, 2.05) is 31.3 Å². The van der Waals surface area contributed by atoms with Crippen LogP contribution in [0.4, 0.5) is 0 Å². The number of aliphatic hydroxyl groups excluding tert-OH is 1. The molecule has 0 radical (unpaired) electrons. The first-order valence-electron chi connectivity index (χ1n) is 8.49. The van der Waals surface area contributed by atoms with Crippen molar-refractivity contribution in [3.63, 3.8) is 0 Å². The summed E-state index contributed by atoms with van der Waals surface area (Å²) in [5, 5.41) is 14.1. The van der Waals surface area contributed by atoms with Crippen molar-refractivity contribution in [3.8, 4) is 17.1 Å². The van der Waals surface area contributed by atoms with Crippen LogP contribution >= 0.6 is 0 Å². The maximum atomic E-state index is 10.1. The summed E-state index contributed by atoms with van der Waals surface area (Å²) in [6.07, 6.45) is 4.17. The maximum absolute atomic E-state index is 10.1. The first kappa shape index (κ1) is 16.9. The Morgan fingerprint density at radius 1 is 1.25 bits per heavy atom. The second-order valence-electron chi connectivity index (χ2n) is 6.55. The highest BCUT2D eigenvalue weighted by molar-refractivity contribution is 5.55. The summed E-state index contributed by atoms with van der Waals surface area (Å²) in [6, 6.07) is 7.58. The molecule has 1 N–H and O–H groups in total. The van der Waals surface area contributed by atoms with Crippen LogP contribution in [0.25, 0.3) is 11.4 Å². The van der Waals surface area contributed by atoms with Crippen molar-refractivity contribution in [1.29, 1.82) is 0 Å². The average molecular weight is 331 g/mol. The first-order valence-corrected chi connectivity index (χ1v) is 8.49. The number of aromatic nitrogens is 2. The highest BCUT2D eigenvalue weighted by Gasteiger charge is 2.24. The zero-order chi connectivity index (χ0) is 16.9. The van der Waals surface area contributed by atoms with Crippen LogP contribution in [0.2, 0.25) is 0 Å². The lowest BCUT2D eigenvalue weighted by atomic mass is 9.86. The van der Waals surface area contributed by atoms with Crippen LogP contribution in [-0.2, 0) is 6.54 Å². The molecule has 0 aliphatic heterocycles. The minimum Gasteiger partial charge on any atom is -0.497 e. The maximum Gasteiger partial charge on any atom is 0.241 e. The number of hydrogen-bond acceptors (Lipinski definition) is 6. The molecule has 24 heavy (non-hydrogen) atoms. The van der Waals surface area contributed by atoms with Crippen molar-refractivity contribution in [3.05, 3.63) is 30.2 Å². The van der Waals surface area contributed by atoms with E-state index < -0.39 is 0 Å². The van der Waals surface area contributed by atoms with Crippen molar-refractivity contribution in [2.24, 2.45) is 5.92 Å². The number of hydrogen-bond donors (Lipinski definition) is 1. The van der Waals surface area contributed by atoms with E-state index in [1.54, 1.807) is 7.11 Å². The highest BCUT2D eigenvalue weighted by Crippen LogP contribution is 2.25. The van der Waals surface area contributed by atoms with Gasteiger partial charge in [-0.05, 0) is 50.1 Å². The number of benzene rings is 1.